The molecule has 1 N–H and O–H groups in total. The first-order chi connectivity index (χ1) is 13.2. The number of anilines is 1. The molecule has 0 saturated carbocycles. The van der Waals surface area contributed by atoms with Crippen molar-refractivity contribution < 1.29 is 9.47 Å². The largest absolute Gasteiger partial charge is 0.491 e. The molecule has 27 heavy (non-hydrogen) atoms. The van der Waals surface area contributed by atoms with Crippen LogP contribution in [0.25, 0.3) is 0 Å². The Morgan fingerprint density at radius 2 is 1.44 bits per heavy atom. The molecule has 0 fully saturated rings. The third-order valence-electron chi connectivity index (χ3n) is 4.43. The van der Waals surface area contributed by atoms with Crippen molar-refractivity contribution in [3.63, 3.8) is 0 Å². The van der Waals surface area contributed by atoms with Gasteiger partial charge in [-0.2, -0.15) is 0 Å². The fourth-order valence-electron chi connectivity index (χ4n) is 2.62. The fraction of sp³-hybridized carbons (Fsp3) is 0.250. The number of nitrogens with one attached hydrogen (secondary N) is 1. The van der Waals surface area contributed by atoms with E-state index in [1.165, 1.54) is 11.1 Å². The first-order valence-corrected chi connectivity index (χ1v) is 9.49. The second-order valence-corrected chi connectivity index (χ2v) is 6.63. The smallest absolute Gasteiger partial charge is 0.119 e. The van der Waals surface area contributed by atoms with Crippen molar-refractivity contribution >= 4 is 5.69 Å². The summed E-state index contributed by atoms with van der Waals surface area (Å²) in [7, 11) is 0. The maximum absolute atomic E-state index is 5.82. The Labute approximate surface area is 162 Å². The van der Waals surface area contributed by atoms with E-state index in [0.717, 1.165) is 30.2 Å². The molecule has 3 aromatic carbocycles. The van der Waals surface area contributed by atoms with Gasteiger partial charge in [0.05, 0.1) is 6.10 Å². The summed E-state index contributed by atoms with van der Waals surface area (Å²) < 4.78 is 11.6. The summed E-state index contributed by atoms with van der Waals surface area (Å²) in [5.41, 5.74) is 3.46. The van der Waals surface area contributed by atoms with Gasteiger partial charge in [0.1, 0.15) is 18.1 Å². The molecule has 0 aliphatic rings. The molecule has 0 saturated heterocycles. The zero-order valence-corrected chi connectivity index (χ0v) is 16.0. The average Bonchev–Trinajstić information content (AvgIpc) is 2.73. The molecule has 0 aliphatic carbocycles. The van der Waals surface area contributed by atoms with Crippen LogP contribution in [0, 0.1) is 0 Å². The monoisotopic (exact) mass is 361 g/mol. The van der Waals surface area contributed by atoms with Crippen LogP contribution in [0.2, 0.25) is 0 Å². The van der Waals surface area contributed by atoms with Crippen molar-refractivity contribution in [3.8, 4) is 11.5 Å². The van der Waals surface area contributed by atoms with Gasteiger partial charge in [-0.05, 0) is 60.9 Å². The minimum Gasteiger partial charge on any atom is -0.491 e. The first-order valence-electron chi connectivity index (χ1n) is 9.49. The Bertz CT molecular complexity index is 798. The molecule has 0 bridgehead atoms. The molecule has 140 valence electrons. The highest BCUT2D eigenvalue weighted by atomic mass is 16.5. The molecule has 3 rings (SSSR count). The minimum atomic E-state index is 0.247. The van der Waals surface area contributed by atoms with Crippen molar-refractivity contribution in [2.45, 2.75) is 39.5 Å². The summed E-state index contributed by atoms with van der Waals surface area (Å²) >= 11 is 0. The average molecular weight is 361 g/mol. The molecule has 0 unspecified atom stereocenters. The topological polar surface area (TPSA) is 30.5 Å². The fourth-order valence-corrected chi connectivity index (χ4v) is 2.62. The predicted octanol–water partition coefficient (Wildman–Crippen LogP) is 6.06. The maximum atomic E-state index is 5.82. The molecule has 0 heterocycles. The molecule has 3 heteroatoms. The van der Waals surface area contributed by atoms with Crippen LogP contribution in [0.1, 0.15) is 31.4 Å². The Kier molecular flexibility index (Phi) is 6.75. The van der Waals surface area contributed by atoms with Gasteiger partial charge < -0.3 is 14.8 Å². The van der Waals surface area contributed by atoms with Crippen molar-refractivity contribution in [3.05, 3.63) is 90.0 Å². The summed E-state index contributed by atoms with van der Waals surface area (Å²) in [5, 5.41) is 3.44. The van der Waals surface area contributed by atoms with Crippen LogP contribution in [0.3, 0.4) is 0 Å². The number of hydrogen-bond acceptors (Lipinski definition) is 3. The predicted molar refractivity (Wildman–Crippen MR) is 111 cm³/mol. The van der Waals surface area contributed by atoms with E-state index < -0.39 is 0 Å². The summed E-state index contributed by atoms with van der Waals surface area (Å²) in [5.74, 6) is 1.80. The van der Waals surface area contributed by atoms with Gasteiger partial charge in [0.2, 0.25) is 0 Å². The van der Waals surface area contributed by atoms with Gasteiger partial charge in [0.25, 0.3) is 0 Å². The highest BCUT2D eigenvalue weighted by molar-refractivity contribution is 5.47. The number of benzene rings is 3. The number of hydrogen-bond donors (Lipinski definition) is 1. The summed E-state index contributed by atoms with van der Waals surface area (Å²) in [6.45, 7) is 5.57. The van der Waals surface area contributed by atoms with E-state index in [4.69, 9.17) is 9.47 Å². The lowest BCUT2D eigenvalue weighted by Gasteiger charge is -2.13. The van der Waals surface area contributed by atoms with Gasteiger partial charge in [-0.3, -0.25) is 0 Å². The van der Waals surface area contributed by atoms with Crippen LogP contribution in [0.15, 0.2) is 78.9 Å². The van der Waals surface area contributed by atoms with E-state index >= 15 is 0 Å². The van der Waals surface area contributed by atoms with Crippen LogP contribution in [-0.4, -0.2) is 6.10 Å². The molecule has 3 aromatic rings. The lowest BCUT2D eigenvalue weighted by molar-refractivity contribution is 0.217. The Balaban J connectivity index is 1.47. The third-order valence-corrected chi connectivity index (χ3v) is 4.43. The SMILES string of the molecule is CC[C@@H](C)Oc1ccc(CNc2ccc(OCc3ccccc3)cc2)cc1. The molecule has 1 atom stereocenters. The molecule has 3 nitrogen and oxygen atoms in total. The molecule has 0 amide bonds. The van der Waals surface area contributed by atoms with E-state index in [-0.39, 0.29) is 6.10 Å². The van der Waals surface area contributed by atoms with E-state index in [1.807, 2.05) is 54.6 Å². The Morgan fingerprint density at radius 1 is 0.778 bits per heavy atom. The van der Waals surface area contributed by atoms with Crippen molar-refractivity contribution in [1.82, 2.24) is 0 Å². The normalized spacial score (nSPS) is 11.6. The van der Waals surface area contributed by atoms with Gasteiger partial charge in [-0.1, -0.05) is 49.4 Å². The molecule has 0 spiro atoms. The molecular formula is C24H27NO2. The van der Waals surface area contributed by atoms with Crippen LogP contribution in [0.4, 0.5) is 5.69 Å². The van der Waals surface area contributed by atoms with Gasteiger partial charge in [-0.15, -0.1) is 0 Å². The van der Waals surface area contributed by atoms with Gasteiger partial charge in [-0.25, -0.2) is 0 Å². The number of rotatable bonds is 9. The molecule has 0 aromatic heterocycles. The van der Waals surface area contributed by atoms with Crippen molar-refractivity contribution in [2.75, 3.05) is 5.32 Å². The quantitative estimate of drug-likeness (QED) is 0.503. The molecule has 0 aliphatic heterocycles. The van der Waals surface area contributed by atoms with E-state index in [2.05, 4.69) is 43.4 Å². The maximum Gasteiger partial charge on any atom is 0.119 e. The van der Waals surface area contributed by atoms with Crippen molar-refractivity contribution in [1.29, 1.82) is 0 Å². The second-order valence-electron chi connectivity index (χ2n) is 6.63. The van der Waals surface area contributed by atoms with Crippen molar-refractivity contribution in [2.24, 2.45) is 0 Å². The summed E-state index contributed by atoms with van der Waals surface area (Å²) in [4.78, 5) is 0. The summed E-state index contributed by atoms with van der Waals surface area (Å²) in [6, 6.07) is 26.5. The van der Waals surface area contributed by atoms with E-state index in [9.17, 15) is 0 Å². The zero-order valence-electron chi connectivity index (χ0n) is 16.0. The lowest BCUT2D eigenvalue weighted by Crippen LogP contribution is -2.09. The summed E-state index contributed by atoms with van der Waals surface area (Å²) in [6.07, 6.45) is 1.26. The Morgan fingerprint density at radius 3 is 2.11 bits per heavy atom. The number of ether oxygens (including phenoxy) is 2. The van der Waals surface area contributed by atoms with Gasteiger partial charge >= 0.3 is 0 Å². The standard InChI is InChI=1S/C24H27NO2/c1-3-19(2)27-24-13-9-20(10-14-24)17-25-22-11-15-23(16-12-22)26-18-21-7-5-4-6-8-21/h4-16,19,25H,3,17-18H2,1-2H3/t19-/m1/s1. The van der Waals surface area contributed by atoms with Crippen LogP contribution >= 0.6 is 0 Å². The second kappa shape index (κ2) is 9.67. The highest BCUT2D eigenvalue weighted by Gasteiger charge is 2.02. The molecular weight excluding hydrogens is 334 g/mol. The van der Waals surface area contributed by atoms with E-state index in [1.54, 1.807) is 0 Å². The Hall–Kier alpha value is -2.94. The minimum absolute atomic E-state index is 0.247. The lowest BCUT2D eigenvalue weighted by atomic mass is 10.2. The first kappa shape index (κ1) is 18.8. The van der Waals surface area contributed by atoms with Crippen LogP contribution < -0.4 is 14.8 Å². The van der Waals surface area contributed by atoms with Crippen LogP contribution in [-0.2, 0) is 13.2 Å². The van der Waals surface area contributed by atoms with Crippen LogP contribution in [0.5, 0.6) is 11.5 Å². The molecule has 0 radical (unpaired) electrons. The third kappa shape index (κ3) is 6.07. The van der Waals surface area contributed by atoms with Gasteiger partial charge in [0.15, 0.2) is 0 Å². The van der Waals surface area contributed by atoms with Gasteiger partial charge in [0, 0.05) is 12.2 Å². The zero-order chi connectivity index (χ0) is 18.9. The highest BCUT2D eigenvalue weighted by Crippen LogP contribution is 2.19. The van der Waals surface area contributed by atoms with E-state index in [0.29, 0.717) is 6.61 Å².